The second-order valence-corrected chi connectivity index (χ2v) is 4.18. The number of carbonyl (C=O) groups is 1. The quantitative estimate of drug-likeness (QED) is 0.767. The van der Waals surface area contributed by atoms with Crippen LogP contribution in [0.15, 0.2) is 18.2 Å². The minimum absolute atomic E-state index is 0.0179. The van der Waals surface area contributed by atoms with Gasteiger partial charge in [0.25, 0.3) is 0 Å². The Morgan fingerprint density at radius 2 is 2.29 bits per heavy atom. The predicted octanol–water partition coefficient (Wildman–Crippen LogP) is 2.08. The van der Waals surface area contributed by atoms with Gasteiger partial charge in [0.15, 0.2) is 0 Å². The molecule has 0 saturated carbocycles. The highest BCUT2D eigenvalue weighted by Gasteiger charge is 2.30. The normalized spacial score (nSPS) is 17.8. The fraction of sp³-hybridized carbons (Fsp3) is 0.462. The lowest BCUT2D eigenvalue weighted by atomic mass is 10.1. The molecule has 17 heavy (non-hydrogen) atoms. The summed E-state index contributed by atoms with van der Waals surface area (Å²) in [5.74, 6) is 0.798. The van der Waals surface area contributed by atoms with Crippen LogP contribution in [0.1, 0.15) is 31.4 Å². The van der Waals surface area contributed by atoms with Gasteiger partial charge in [0.1, 0.15) is 11.8 Å². The predicted molar refractivity (Wildman–Crippen MR) is 67.3 cm³/mol. The zero-order chi connectivity index (χ0) is 12.3. The first-order chi connectivity index (χ1) is 8.26. The van der Waals surface area contributed by atoms with Gasteiger partial charge in [-0.05, 0) is 31.2 Å². The van der Waals surface area contributed by atoms with Gasteiger partial charge in [-0.1, -0.05) is 13.3 Å². The van der Waals surface area contributed by atoms with Gasteiger partial charge in [-0.2, -0.15) is 0 Å². The van der Waals surface area contributed by atoms with Crippen LogP contribution in [-0.2, 0) is 4.79 Å². The van der Waals surface area contributed by atoms with Crippen LogP contribution in [0.2, 0.25) is 0 Å². The van der Waals surface area contributed by atoms with Gasteiger partial charge < -0.3 is 15.4 Å². The summed E-state index contributed by atoms with van der Waals surface area (Å²) in [4.78, 5) is 11.8. The molecule has 1 heterocycles. The summed E-state index contributed by atoms with van der Waals surface area (Å²) >= 11 is 0. The van der Waals surface area contributed by atoms with Crippen LogP contribution in [0.4, 0.5) is 5.69 Å². The molecule has 4 heteroatoms. The second kappa shape index (κ2) is 5.19. The van der Waals surface area contributed by atoms with Crippen molar-refractivity contribution in [2.45, 2.75) is 25.8 Å². The third-order valence-electron chi connectivity index (χ3n) is 2.97. The number of nitrogens with one attached hydrogen (secondary N) is 2. The van der Waals surface area contributed by atoms with Crippen molar-refractivity contribution in [1.82, 2.24) is 5.32 Å². The first-order valence-corrected chi connectivity index (χ1v) is 5.98. The molecule has 1 amide bonds. The molecule has 0 saturated heterocycles. The standard InChI is InChI=1S/C13H18N2O2/c1-3-4-7-14-12-10-8-9(17-2)5-6-11(10)15-13(12)16/h5-6,8,12,14H,3-4,7H2,1-2H3,(H,15,16). The van der Waals surface area contributed by atoms with Crippen LogP contribution in [0.25, 0.3) is 0 Å². The highest BCUT2D eigenvalue weighted by Crippen LogP contribution is 2.33. The van der Waals surface area contributed by atoms with Crippen molar-refractivity contribution >= 4 is 11.6 Å². The number of hydrogen-bond acceptors (Lipinski definition) is 3. The Labute approximate surface area is 101 Å². The summed E-state index contributed by atoms with van der Waals surface area (Å²) < 4.78 is 5.18. The number of amides is 1. The van der Waals surface area contributed by atoms with Crippen LogP contribution in [0.3, 0.4) is 0 Å². The molecule has 1 aromatic carbocycles. The number of methoxy groups -OCH3 is 1. The zero-order valence-corrected chi connectivity index (χ0v) is 10.2. The van der Waals surface area contributed by atoms with Crippen LogP contribution in [0, 0.1) is 0 Å². The summed E-state index contributed by atoms with van der Waals surface area (Å²) in [5.41, 5.74) is 1.86. The first kappa shape index (κ1) is 11.9. The van der Waals surface area contributed by atoms with E-state index in [2.05, 4.69) is 17.6 Å². The molecule has 0 aromatic heterocycles. The number of unbranched alkanes of at least 4 members (excludes halogenated alkanes) is 1. The molecule has 1 aromatic rings. The number of fused-ring (bicyclic) bond motifs is 1. The topological polar surface area (TPSA) is 50.4 Å². The summed E-state index contributed by atoms with van der Waals surface area (Å²) in [6.07, 6.45) is 2.19. The van der Waals surface area contributed by atoms with Gasteiger partial charge in [0.2, 0.25) is 5.91 Å². The van der Waals surface area contributed by atoms with E-state index in [0.717, 1.165) is 36.4 Å². The molecule has 0 fully saturated rings. The Morgan fingerprint density at radius 1 is 1.47 bits per heavy atom. The minimum Gasteiger partial charge on any atom is -0.497 e. The van der Waals surface area contributed by atoms with Crippen molar-refractivity contribution in [3.63, 3.8) is 0 Å². The number of rotatable bonds is 5. The molecule has 1 aliphatic rings. The van der Waals surface area contributed by atoms with E-state index < -0.39 is 0 Å². The van der Waals surface area contributed by atoms with E-state index in [0.29, 0.717) is 0 Å². The second-order valence-electron chi connectivity index (χ2n) is 4.18. The van der Waals surface area contributed by atoms with Gasteiger partial charge >= 0.3 is 0 Å². The molecule has 92 valence electrons. The zero-order valence-electron chi connectivity index (χ0n) is 10.2. The Kier molecular flexibility index (Phi) is 3.64. The van der Waals surface area contributed by atoms with Crippen LogP contribution < -0.4 is 15.4 Å². The van der Waals surface area contributed by atoms with Gasteiger partial charge in [0, 0.05) is 11.3 Å². The monoisotopic (exact) mass is 234 g/mol. The van der Waals surface area contributed by atoms with Gasteiger partial charge in [-0.15, -0.1) is 0 Å². The maximum atomic E-state index is 11.8. The number of carbonyl (C=O) groups excluding carboxylic acids is 1. The molecule has 0 spiro atoms. The minimum atomic E-state index is -0.244. The lowest BCUT2D eigenvalue weighted by Crippen LogP contribution is -2.28. The van der Waals surface area contributed by atoms with E-state index in [1.807, 2.05) is 18.2 Å². The molecule has 0 aliphatic carbocycles. The van der Waals surface area contributed by atoms with E-state index >= 15 is 0 Å². The molecule has 2 N–H and O–H groups in total. The van der Waals surface area contributed by atoms with E-state index in [1.54, 1.807) is 7.11 Å². The molecule has 4 nitrogen and oxygen atoms in total. The largest absolute Gasteiger partial charge is 0.497 e. The number of hydrogen-bond donors (Lipinski definition) is 2. The SMILES string of the molecule is CCCCNC1C(=O)Nc2ccc(OC)cc21. The fourth-order valence-corrected chi connectivity index (χ4v) is 1.99. The van der Waals surface area contributed by atoms with Crippen LogP contribution >= 0.6 is 0 Å². The summed E-state index contributed by atoms with van der Waals surface area (Å²) in [7, 11) is 1.63. The fourth-order valence-electron chi connectivity index (χ4n) is 1.99. The third kappa shape index (κ3) is 2.42. The van der Waals surface area contributed by atoms with Crippen molar-refractivity contribution in [2.75, 3.05) is 19.0 Å². The Balaban J connectivity index is 2.16. The van der Waals surface area contributed by atoms with Crippen molar-refractivity contribution in [3.8, 4) is 5.75 Å². The third-order valence-corrected chi connectivity index (χ3v) is 2.97. The van der Waals surface area contributed by atoms with Gasteiger partial charge in [-0.25, -0.2) is 0 Å². The Morgan fingerprint density at radius 3 is 3.00 bits per heavy atom. The molecule has 1 unspecified atom stereocenters. The number of anilines is 1. The van der Waals surface area contributed by atoms with Crippen LogP contribution in [0.5, 0.6) is 5.75 Å². The molecule has 0 radical (unpaired) electrons. The van der Waals surface area contributed by atoms with Crippen molar-refractivity contribution in [1.29, 1.82) is 0 Å². The van der Waals surface area contributed by atoms with E-state index in [9.17, 15) is 4.79 Å². The average molecular weight is 234 g/mol. The maximum absolute atomic E-state index is 11.8. The highest BCUT2D eigenvalue weighted by molar-refractivity contribution is 6.02. The van der Waals surface area contributed by atoms with Crippen molar-refractivity contribution in [2.24, 2.45) is 0 Å². The molecule has 1 aliphatic heterocycles. The Bertz CT molecular complexity index is 418. The molecular weight excluding hydrogens is 216 g/mol. The molecule has 0 bridgehead atoms. The van der Waals surface area contributed by atoms with Crippen molar-refractivity contribution in [3.05, 3.63) is 23.8 Å². The number of benzene rings is 1. The molecule has 1 atom stereocenters. The molecular formula is C13H18N2O2. The lowest BCUT2D eigenvalue weighted by molar-refractivity contribution is -0.117. The lowest BCUT2D eigenvalue weighted by Gasteiger charge is -2.11. The number of ether oxygens (including phenoxy) is 1. The molecule has 2 rings (SSSR count). The maximum Gasteiger partial charge on any atom is 0.246 e. The van der Waals surface area contributed by atoms with E-state index in [-0.39, 0.29) is 11.9 Å². The van der Waals surface area contributed by atoms with Gasteiger partial charge in [-0.3, -0.25) is 4.79 Å². The first-order valence-electron chi connectivity index (χ1n) is 5.98. The summed E-state index contributed by atoms with van der Waals surface area (Å²) in [6.45, 7) is 2.98. The smallest absolute Gasteiger partial charge is 0.246 e. The summed E-state index contributed by atoms with van der Waals surface area (Å²) in [6, 6.07) is 5.41. The van der Waals surface area contributed by atoms with Crippen molar-refractivity contribution < 1.29 is 9.53 Å². The summed E-state index contributed by atoms with van der Waals surface area (Å²) in [5, 5.41) is 6.14. The van der Waals surface area contributed by atoms with E-state index in [1.165, 1.54) is 0 Å². The highest BCUT2D eigenvalue weighted by atomic mass is 16.5. The van der Waals surface area contributed by atoms with Gasteiger partial charge in [0.05, 0.1) is 7.11 Å². The average Bonchev–Trinajstić information content (AvgIpc) is 2.65. The van der Waals surface area contributed by atoms with E-state index in [4.69, 9.17) is 4.74 Å². The Hall–Kier alpha value is -1.55. The van der Waals surface area contributed by atoms with Crippen LogP contribution in [-0.4, -0.2) is 19.6 Å².